The van der Waals surface area contributed by atoms with Crippen molar-refractivity contribution in [3.63, 3.8) is 0 Å². The van der Waals surface area contributed by atoms with E-state index in [9.17, 15) is 14.4 Å². The highest BCUT2D eigenvalue weighted by Crippen LogP contribution is 2.22. The fourth-order valence-corrected chi connectivity index (χ4v) is 4.17. The number of hydrogen-bond donors (Lipinski definition) is 4. The molecule has 0 aliphatic carbocycles. The molecule has 2 fully saturated rings. The molecule has 0 saturated carbocycles. The monoisotopic (exact) mass is 506 g/mol. The van der Waals surface area contributed by atoms with Crippen LogP contribution in [0.3, 0.4) is 0 Å². The van der Waals surface area contributed by atoms with Gasteiger partial charge in [-0.25, -0.2) is 9.59 Å². The Morgan fingerprint density at radius 3 is 2.39 bits per heavy atom. The van der Waals surface area contributed by atoms with E-state index in [0.29, 0.717) is 13.0 Å². The van der Waals surface area contributed by atoms with Crippen molar-refractivity contribution in [1.29, 1.82) is 0 Å². The maximum atomic E-state index is 12.6. The first-order valence-corrected chi connectivity index (χ1v) is 12.4. The summed E-state index contributed by atoms with van der Waals surface area (Å²) in [5.74, 6) is 0.667. The molecule has 1 aromatic rings. The van der Waals surface area contributed by atoms with E-state index in [2.05, 4.69) is 21.3 Å². The van der Waals surface area contributed by atoms with Crippen molar-refractivity contribution < 1.29 is 33.3 Å². The SMILES string of the molecule is COc1ccc(C[C@H]2NC[C@H](OC(=O)OC(C)(C)C)[C@H]2OC(=O)NCCNC(=O)[C@@H]2CCCN2)cc1. The maximum absolute atomic E-state index is 12.6. The number of nitrogens with one attached hydrogen (secondary N) is 4. The van der Waals surface area contributed by atoms with Crippen molar-refractivity contribution in [2.75, 3.05) is 33.3 Å². The predicted molar refractivity (Wildman–Crippen MR) is 132 cm³/mol. The molecule has 1 aromatic carbocycles. The second kappa shape index (κ2) is 12.8. The average Bonchev–Trinajstić information content (AvgIpc) is 3.48. The third kappa shape index (κ3) is 8.56. The zero-order chi connectivity index (χ0) is 26.1. The highest BCUT2D eigenvalue weighted by molar-refractivity contribution is 5.82. The molecule has 36 heavy (non-hydrogen) atoms. The number of methoxy groups -OCH3 is 1. The third-order valence-electron chi connectivity index (χ3n) is 5.91. The molecule has 0 radical (unpaired) electrons. The molecule has 0 unspecified atom stereocenters. The summed E-state index contributed by atoms with van der Waals surface area (Å²) in [6, 6.07) is 7.12. The van der Waals surface area contributed by atoms with Crippen molar-refractivity contribution in [3.8, 4) is 5.75 Å². The maximum Gasteiger partial charge on any atom is 0.509 e. The summed E-state index contributed by atoms with van der Waals surface area (Å²) in [4.78, 5) is 36.9. The number of amides is 2. The smallest absolute Gasteiger partial charge is 0.497 e. The van der Waals surface area contributed by atoms with Crippen molar-refractivity contribution >= 4 is 18.2 Å². The fraction of sp³-hybridized carbons (Fsp3) is 0.640. The van der Waals surface area contributed by atoms with Crippen LogP contribution in [-0.2, 0) is 25.4 Å². The first-order valence-electron chi connectivity index (χ1n) is 12.4. The van der Waals surface area contributed by atoms with Crippen LogP contribution >= 0.6 is 0 Å². The highest BCUT2D eigenvalue weighted by atomic mass is 16.7. The first-order chi connectivity index (χ1) is 17.1. The molecule has 0 bridgehead atoms. The van der Waals surface area contributed by atoms with Gasteiger partial charge < -0.3 is 40.2 Å². The van der Waals surface area contributed by atoms with Crippen LogP contribution in [0.4, 0.5) is 9.59 Å². The molecule has 2 aliphatic heterocycles. The number of alkyl carbamates (subject to hydrolysis) is 1. The molecular weight excluding hydrogens is 468 g/mol. The van der Waals surface area contributed by atoms with Crippen LogP contribution < -0.4 is 26.0 Å². The molecule has 2 amide bonds. The van der Waals surface area contributed by atoms with Gasteiger partial charge in [-0.1, -0.05) is 12.1 Å². The van der Waals surface area contributed by atoms with E-state index < -0.39 is 30.1 Å². The third-order valence-corrected chi connectivity index (χ3v) is 5.91. The van der Waals surface area contributed by atoms with Crippen LogP contribution in [0.25, 0.3) is 0 Å². The summed E-state index contributed by atoms with van der Waals surface area (Å²) < 4.78 is 21.7. The van der Waals surface area contributed by atoms with Gasteiger partial charge in [-0.15, -0.1) is 0 Å². The summed E-state index contributed by atoms with van der Waals surface area (Å²) >= 11 is 0. The molecule has 0 spiro atoms. The second-order valence-corrected chi connectivity index (χ2v) is 9.92. The van der Waals surface area contributed by atoms with Crippen molar-refractivity contribution in [1.82, 2.24) is 21.3 Å². The number of hydrogen-bond acceptors (Lipinski definition) is 9. The molecule has 4 atom stereocenters. The quantitative estimate of drug-likeness (QED) is 0.290. The molecule has 11 nitrogen and oxygen atoms in total. The van der Waals surface area contributed by atoms with Crippen LogP contribution in [0.2, 0.25) is 0 Å². The predicted octanol–water partition coefficient (Wildman–Crippen LogP) is 1.49. The van der Waals surface area contributed by atoms with Crippen molar-refractivity contribution in [3.05, 3.63) is 29.8 Å². The van der Waals surface area contributed by atoms with E-state index in [1.165, 1.54) is 0 Å². The molecule has 2 heterocycles. The molecule has 0 aromatic heterocycles. The van der Waals surface area contributed by atoms with Gasteiger partial charge in [0.1, 0.15) is 11.4 Å². The van der Waals surface area contributed by atoms with E-state index in [1.54, 1.807) is 27.9 Å². The number of benzene rings is 1. The lowest BCUT2D eigenvalue weighted by Crippen LogP contribution is -2.45. The standard InChI is InChI=1S/C25H38N4O7/c1-25(2,3)36-24(32)34-20-15-29-19(14-16-7-9-17(33-4)10-8-16)21(20)35-23(31)28-13-12-27-22(30)18-6-5-11-26-18/h7-10,18-21,26,29H,5-6,11-15H2,1-4H3,(H,27,30)(H,28,31)/t18-,19+,20-,21-/m0/s1. The van der Waals surface area contributed by atoms with Crippen molar-refractivity contribution in [2.24, 2.45) is 0 Å². The van der Waals surface area contributed by atoms with Crippen molar-refractivity contribution in [2.45, 2.75) is 69.9 Å². The topological polar surface area (TPSA) is 136 Å². The van der Waals surface area contributed by atoms with E-state index in [-0.39, 0.29) is 31.1 Å². The van der Waals surface area contributed by atoms with Gasteiger partial charge in [-0.05, 0) is 64.3 Å². The number of carbonyl (C=O) groups is 3. The van der Waals surface area contributed by atoms with E-state index >= 15 is 0 Å². The minimum atomic E-state index is -0.823. The van der Waals surface area contributed by atoms with Crippen LogP contribution in [0.1, 0.15) is 39.2 Å². The summed E-state index contributed by atoms with van der Waals surface area (Å²) in [6.07, 6.45) is -0.613. The van der Waals surface area contributed by atoms with E-state index in [0.717, 1.165) is 30.7 Å². The Morgan fingerprint density at radius 1 is 1.03 bits per heavy atom. The van der Waals surface area contributed by atoms with Gasteiger partial charge in [0.25, 0.3) is 0 Å². The molecular formula is C25H38N4O7. The Kier molecular flexibility index (Phi) is 9.77. The van der Waals surface area contributed by atoms with Crippen LogP contribution in [0, 0.1) is 0 Å². The zero-order valence-corrected chi connectivity index (χ0v) is 21.4. The Bertz CT molecular complexity index is 881. The Labute approximate surface area is 211 Å². The molecule has 11 heteroatoms. The van der Waals surface area contributed by atoms with Crippen LogP contribution in [0.15, 0.2) is 24.3 Å². The second-order valence-electron chi connectivity index (χ2n) is 9.92. The molecule has 3 rings (SSSR count). The Morgan fingerprint density at radius 2 is 1.75 bits per heavy atom. The van der Waals surface area contributed by atoms with Crippen LogP contribution in [0.5, 0.6) is 5.75 Å². The molecule has 200 valence electrons. The lowest BCUT2D eigenvalue weighted by Gasteiger charge is -2.26. The van der Waals surface area contributed by atoms with E-state index in [4.69, 9.17) is 18.9 Å². The lowest BCUT2D eigenvalue weighted by molar-refractivity contribution is -0.122. The fourth-order valence-electron chi connectivity index (χ4n) is 4.17. The van der Waals surface area contributed by atoms with E-state index in [1.807, 2.05) is 24.3 Å². The number of ether oxygens (including phenoxy) is 4. The Hall–Kier alpha value is -3.05. The highest BCUT2D eigenvalue weighted by Gasteiger charge is 2.42. The molecule has 2 saturated heterocycles. The Balaban J connectivity index is 1.55. The summed E-state index contributed by atoms with van der Waals surface area (Å²) in [6.45, 7) is 6.87. The largest absolute Gasteiger partial charge is 0.509 e. The number of rotatable bonds is 9. The van der Waals surface area contributed by atoms with Gasteiger partial charge in [-0.2, -0.15) is 0 Å². The minimum Gasteiger partial charge on any atom is -0.497 e. The summed E-state index contributed by atoms with van der Waals surface area (Å²) in [5.41, 5.74) is 0.293. The van der Waals surface area contributed by atoms with Crippen LogP contribution in [-0.4, -0.2) is 81.3 Å². The normalized spacial score (nSPS) is 23.6. The van der Waals surface area contributed by atoms with Gasteiger partial charge in [0, 0.05) is 19.6 Å². The first kappa shape index (κ1) is 27.5. The molecule has 2 aliphatic rings. The summed E-state index contributed by atoms with van der Waals surface area (Å²) in [7, 11) is 1.60. The zero-order valence-electron chi connectivity index (χ0n) is 21.4. The summed E-state index contributed by atoms with van der Waals surface area (Å²) in [5, 5.41) is 11.9. The number of carbonyl (C=O) groups excluding carboxylic acids is 3. The average molecular weight is 507 g/mol. The minimum absolute atomic E-state index is 0.0759. The van der Waals surface area contributed by atoms with Gasteiger partial charge in [0.15, 0.2) is 12.2 Å². The van der Waals surface area contributed by atoms with Gasteiger partial charge in [0.2, 0.25) is 5.91 Å². The lowest BCUT2D eigenvalue weighted by atomic mass is 10.0. The van der Waals surface area contributed by atoms with Gasteiger partial charge in [0.05, 0.1) is 19.2 Å². The van der Waals surface area contributed by atoms with Gasteiger partial charge in [-0.3, -0.25) is 4.79 Å². The molecule has 4 N–H and O–H groups in total. The van der Waals surface area contributed by atoms with Gasteiger partial charge >= 0.3 is 12.2 Å².